The summed E-state index contributed by atoms with van der Waals surface area (Å²) in [6.45, 7) is 2.00. The number of amides is 1. The molecule has 6 nitrogen and oxygen atoms in total. The Labute approximate surface area is 214 Å². The highest BCUT2D eigenvalue weighted by Crippen LogP contribution is 2.34. The van der Waals surface area contributed by atoms with E-state index in [1.807, 2.05) is 36.4 Å². The molecule has 0 saturated heterocycles. The normalized spacial score (nSPS) is 11.2. The third kappa shape index (κ3) is 8.55. The summed E-state index contributed by atoms with van der Waals surface area (Å²) in [6.07, 6.45) is 11.3. The molecule has 3 aromatic rings. The first-order chi connectivity index (χ1) is 17.1. The first-order valence-corrected chi connectivity index (χ1v) is 13.3. The second kappa shape index (κ2) is 14.7. The number of fused-ring (bicyclic) bond motifs is 2. The number of pyridine rings is 1. The number of halogens is 1. The lowest BCUT2D eigenvalue weighted by atomic mass is 10.1. The first-order valence-electron chi connectivity index (χ1n) is 12.9. The fraction of sp³-hybridized carbons (Fsp3) is 0.500. The summed E-state index contributed by atoms with van der Waals surface area (Å²) in [5, 5.41) is 9.32. The van der Waals surface area contributed by atoms with Gasteiger partial charge in [-0.15, -0.1) is 0 Å². The van der Waals surface area contributed by atoms with Crippen LogP contribution in [0.2, 0.25) is 5.02 Å². The minimum Gasteiger partial charge on any atom is -0.497 e. The summed E-state index contributed by atoms with van der Waals surface area (Å²) in [5.41, 5.74) is 8.31. The smallest absolute Gasteiger partial charge is 0.220 e. The van der Waals surface area contributed by atoms with Crippen molar-refractivity contribution in [3.05, 3.63) is 41.4 Å². The topological polar surface area (TPSA) is 89.3 Å². The van der Waals surface area contributed by atoms with Gasteiger partial charge in [-0.25, -0.2) is 4.98 Å². The molecule has 0 bridgehead atoms. The maximum atomic E-state index is 11.5. The van der Waals surface area contributed by atoms with Gasteiger partial charge in [0, 0.05) is 41.9 Å². The molecule has 0 radical (unpaired) electrons. The zero-order chi connectivity index (χ0) is 24.9. The van der Waals surface area contributed by atoms with Gasteiger partial charge in [-0.1, -0.05) is 56.5 Å². The van der Waals surface area contributed by atoms with E-state index in [1.165, 1.54) is 38.5 Å². The molecule has 7 heteroatoms. The van der Waals surface area contributed by atoms with Gasteiger partial charge >= 0.3 is 0 Å². The molecule has 0 spiro atoms. The highest BCUT2D eigenvalue weighted by molar-refractivity contribution is 6.31. The molecule has 0 aliphatic heterocycles. The lowest BCUT2D eigenvalue weighted by molar-refractivity contribution is -0.121. The van der Waals surface area contributed by atoms with Crippen LogP contribution in [-0.2, 0) is 4.79 Å². The molecule has 0 aliphatic carbocycles. The summed E-state index contributed by atoms with van der Waals surface area (Å²) >= 11 is 6.22. The Kier molecular flexibility index (Phi) is 11.4. The Bertz CT molecular complexity index is 1090. The lowest BCUT2D eigenvalue weighted by Gasteiger charge is -2.14. The number of anilines is 1. The second-order valence-corrected chi connectivity index (χ2v) is 9.47. The van der Waals surface area contributed by atoms with Gasteiger partial charge in [-0.3, -0.25) is 4.79 Å². The predicted molar refractivity (Wildman–Crippen MR) is 148 cm³/mol. The van der Waals surface area contributed by atoms with Crippen molar-refractivity contribution in [1.29, 1.82) is 0 Å². The summed E-state index contributed by atoms with van der Waals surface area (Å²) in [6, 6.07) is 11.9. The number of carbonyl (C=O) groups excluding carboxylic acids is 1. The van der Waals surface area contributed by atoms with Crippen LogP contribution >= 0.6 is 11.6 Å². The molecule has 0 atom stereocenters. The van der Waals surface area contributed by atoms with E-state index in [4.69, 9.17) is 27.1 Å². The average molecular weight is 499 g/mol. The summed E-state index contributed by atoms with van der Waals surface area (Å²) < 4.78 is 5.45. The van der Waals surface area contributed by atoms with Crippen LogP contribution in [0.25, 0.3) is 21.8 Å². The van der Waals surface area contributed by atoms with Crippen LogP contribution in [0.1, 0.15) is 64.2 Å². The summed E-state index contributed by atoms with van der Waals surface area (Å²) in [5.74, 6) is 0.949. The van der Waals surface area contributed by atoms with Crippen molar-refractivity contribution >= 4 is 45.0 Å². The number of nitrogens with two attached hydrogens (primary N) is 1. The van der Waals surface area contributed by atoms with Crippen molar-refractivity contribution < 1.29 is 9.53 Å². The van der Waals surface area contributed by atoms with Crippen LogP contribution < -0.4 is 21.1 Å². The largest absolute Gasteiger partial charge is 0.497 e. The van der Waals surface area contributed by atoms with Gasteiger partial charge in [0.1, 0.15) is 5.75 Å². The zero-order valence-electron chi connectivity index (χ0n) is 20.9. The van der Waals surface area contributed by atoms with Gasteiger partial charge in [-0.2, -0.15) is 0 Å². The molecule has 0 aliphatic rings. The monoisotopic (exact) mass is 498 g/mol. The second-order valence-electron chi connectivity index (χ2n) is 9.03. The van der Waals surface area contributed by atoms with E-state index in [9.17, 15) is 4.79 Å². The van der Waals surface area contributed by atoms with Gasteiger partial charge in [0.25, 0.3) is 0 Å². The molecule has 0 fully saturated rings. The number of hydrogen-bond acceptors (Lipinski definition) is 5. The van der Waals surface area contributed by atoms with Crippen LogP contribution in [0.4, 0.5) is 5.69 Å². The van der Waals surface area contributed by atoms with Gasteiger partial charge < -0.3 is 21.1 Å². The standard InChI is InChI=1S/C28H39ClN4O2/c1-35-22-13-15-25-24(20-22)28(23-14-12-21(29)19-26(23)33-25)32-17-10-8-6-4-2-3-5-7-9-11-27(34)31-18-16-30/h12-15,19-20H,2-11,16-18,30H2,1H3,(H,31,34)(H,32,33). The number of aromatic nitrogens is 1. The Balaban J connectivity index is 1.38. The molecule has 0 saturated carbocycles. The molecule has 1 aromatic heterocycles. The highest BCUT2D eigenvalue weighted by atomic mass is 35.5. The van der Waals surface area contributed by atoms with Crippen molar-refractivity contribution in [3.8, 4) is 5.75 Å². The number of unbranched alkanes of at least 4 members (excludes halogenated alkanes) is 8. The van der Waals surface area contributed by atoms with E-state index in [2.05, 4.69) is 10.6 Å². The molecular weight excluding hydrogens is 460 g/mol. The average Bonchev–Trinajstić information content (AvgIpc) is 2.87. The first kappa shape index (κ1) is 27.0. The molecule has 1 amide bonds. The van der Waals surface area contributed by atoms with E-state index >= 15 is 0 Å². The van der Waals surface area contributed by atoms with Crippen molar-refractivity contribution in [2.24, 2.45) is 5.73 Å². The van der Waals surface area contributed by atoms with Gasteiger partial charge in [0.2, 0.25) is 5.91 Å². The SMILES string of the molecule is COc1ccc2nc3cc(Cl)ccc3c(NCCCCCCCCCCCC(=O)NCCN)c2c1. The van der Waals surface area contributed by atoms with E-state index in [1.54, 1.807) is 7.11 Å². The fourth-order valence-corrected chi connectivity index (χ4v) is 4.54. The Hall–Kier alpha value is -2.57. The fourth-order valence-electron chi connectivity index (χ4n) is 4.38. The van der Waals surface area contributed by atoms with Crippen LogP contribution in [0.15, 0.2) is 36.4 Å². The Morgan fingerprint density at radius 2 is 1.60 bits per heavy atom. The van der Waals surface area contributed by atoms with Crippen LogP contribution in [0, 0.1) is 0 Å². The maximum absolute atomic E-state index is 11.5. The molecular formula is C28H39ClN4O2. The van der Waals surface area contributed by atoms with E-state index in [0.29, 0.717) is 24.5 Å². The molecule has 4 N–H and O–H groups in total. The van der Waals surface area contributed by atoms with E-state index < -0.39 is 0 Å². The number of ether oxygens (including phenoxy) is 1. The molecule has 2 aromatic carbocycles. The van der Waals surface area contributed by atoms with E-state index in [0.717, 1.165) is 59.0 Å². The Morgan fingerprint density at radius 1 is 0.886 bits per heavy atom. The van der Waals surface area contributed by atoms with Crippen LogP contribution in [0.3, 0.4) is 0 Å². The minimum atomic E-state index is 0.125. The van der Waals surface area contributed by atoms with Gasteiger partial charge in [-0.05, 0) is 49.2 Å². The molecule has 1 heterocycles. The number of methoxy groups -OCH3 is 1. The Morgan fingerprint density at radius 3 is 2.31 bits per heavy atom. The molecule has 0 unspecified atom stereocenters. The molecule has 3 rings (SSSR count). The van der Waals surface area contributed by atoms with Crippen molar-refractivity contribution in [2.45, 2.75) is 64.2 Å². The van der Waals surface area contributed by atoms with Crippen molar-refractivity contribution in [3.63, 3.8) is 0 Å². The number of benzene rings is 2. The number of nitrogens with one attached hydrogen (secondary N) is 2. The third-order valence-electron chi connectivity index (χ3n) is 6.29. The van der Waals surface area contributed by atoms with Gasteiger partial charge in [0.15, 0.2) is 0 Å². The van der Waals surface area contributed by atoms with Crippen molar-refractivity contribution in [1.82, 2.24) is 10.3 Å². The summed E-state index contributed by atoms with van der Waals surface area (Å²) in [4.78, 5) is 16.3. The molecule has 35 heavy (non-hydrogen) atoms. The lowest BCUT2D eigenvalue weighted by Crippen LogP contribution is -2.28. The summed E-state index contributed by atoms with van der Waals surface area (Å²) in [7, 11) is 1.69. The molecule has 190 valence electrons. The quantitative estimate of drug-likeness (QED) is 0.156. The zero-order valence-corrected chi connectivity index (χ0v) is 21.6. The predicted octanol–water partition coefficient (Wildman–Crippen LogP) is 6.44. The van der Waals surface area contributed by atoms with E-state index in [-0.39, 0.29) is 5.91 Å². The van der Waals surface area contributed by atoms with Crippen molar-refractivity contribution in [2.75, 3.05) is 32.1 Å². The van der Waals surface area contributed by atoms with Crippen LogP contribution in [-0.4, -0.2) is 37.6 Å². The maximum Gasteiger partial charge on any atom is 0.220 e. The minimum absolute atomic E-state index is 0.125. The number of carbonyl (C=O) groups is 1. The number of hydrogen-bond donors (Lipinski definition) is 3. The van der Waals surface area contributed by atoms with Crippen LogP contribution in [0.5, 0.6) is 5.75 Å². The van der Waals surface area contributed by atoms with Gasteiger partial charge in [0.05, 0.1) is 23.8 Å². The number of rotatable bonds is 16. The highest BCUT2D eigenvalue weighted by Gasteiger charge is 2.10. The number of nitrogens with zero attached hydrogens (tertiary/aromatic N) is 1. The third-order valence-corrected chi connectivity index (χ3v) is 6.53.